The van der Waals surface area contributed by atoms with Crippen molar-refractivity contribution in [3.8, 4) is 0 Å². The van der Waals surface area contributed by atoms with Crippen molar-refractivity contribution >= 4 is 17.6 Å². The second-order valence-electron chi connectivity index (χ2n) is 8.43. The van der Waals surface area contributed by atoms with Crippen LogP contribution in [0.25, 0.3) is 0 Å². The van der Waals surface area contributed by atoms with E-state index in [2.05, 4.69) is 15.3 Å². The summed E-state index contributed by atoms with van der Waals surface area (Å²) in [7, 11) is 0. The fourth-order valence-corrected chi connectivity index (χ4v) is 4.04. The van der Waals surface area contributed by atoms with Gasteiger partial charge in [0, 0.05) is 30.5 Å². The molecule has 3 aromatic rings. The Morgan fingerprint density at radius 3 is 2.78 bits per heavy atom. The number of halogens is 1. The number of rotatable bonds is 5. The molecule has 1 aromatic carbocycles. The number of benzene rings is 1. The standard InChI is InChI=1S/C25H23FN4O2/c1-15-11-17-8-10-30(23-21(26)3-2-9-27-23)25(32)20(17)13-18(15)12-16-4-7-22(28-14-16)24(31)29-19-5-6-19/h2-4,7,9,11,13-14,19H,5-6,8,10,12H2,1H3,(H,29,31). The average molecular weight is 430 g/mol. The monoisotopic (exact) mass is 430 g/mol. The third-order valence-electron chi connectivity index (χ3n) is 6.00. The van der Waals surface area contributed by atoms with Crippen LogP contribution in [0, 0.1) is 12.7 Å². The van der Waals surface area contributed by atoms with Gasteiger partial charge >= 0.3 is 0 Å². The number of pyridine rings is 2. The molecule has 32 heavy (non-hydrogen) atoms. The number of carbonyl (C=O) groups is 2. The van der Waals surface area contributed by atoms with Crippen molar-refractivity contribution < 1.29 is 14.0 Å². The molecule has 0 saturated heterocycles. The van der Waals surface area contributed by atoms with Crippen LogP contribution in [0.3, 0.4) is 0 Å². The average Bonchev–Trinajstić information content (AvgIpc) is 3.60. The van der Waals surface area contributed by atoms with Gasteiger partial charge in [-0.25, -0.2) is 9.37 Å². The Labute approximate surface area is 185 Å². The first-order valence-electron chi connectivity index (χ1n) is 10.8. The zero-order valence-electron chi connectivity index (χ0n) is 17.8. The summed E-state index contributed by atoms with van der Waals surface area (Å²) in [6.07, 6.45) is 6.49. The molecule has 1 fully saturated rings. The van der Waals surface area contributed by atoms with Gasteiger partial charge in [-0.3, -0.25) is 19.5 Å². The quantitative estimate of drug-likeness (QED) is 0.671. The fraction of sp³-hybridized carbons (Fsp3) is 0.280. The summed E-state index contributed by atoms with van der Waals surface area (Å²) in [6.45, 7) is 2.42. The van der Waals surface area contributed by atoms with E-state index < -0.39 is 5.82 Å². The van der Waals surface area contributed by atoms with Crippen LogP contribution in [0.5, 0.6) is 0 Å². The number of carbonyl (C=O) groups excluding carboxylic acids is 2. The molecule has 0 radical (unpaired) electrons. The van der Waals surface area contributed by atoms with Crippen LogP contribution < -0.4 is 10.2 Å². The maximum atomic E-state index is 14.2. The highest BCUT2D eigenvalue weighted by molar-refractivity contribution is 6.08. The predicted octanol–water partition coefficient (Wildman–Crippen LogP) is 3.61. The molecule has 2 aliphatic rings. The summed E-state index contributed by atoms with van der Waals surface area (Å²) < 4.78 is 14.2. The van der Waals surface area contributed by atoms with E-state index in [9.17, 15) is 14.0 Å². The molecule has 1 N–H and O–H groups in total. The van der Waals surface area contributed by atoms with E-state index in [1.807, 2.05) is 25.1 Å². The fourth-order valence-electron chi connectivity index (χ4n) is 4.04. The third-order valence-corrected chi connectivity index (χ3v) is 6.00. The number of amides is 2. The lowest BCUT2D eigenvalue weighted by atomic mass is 9.91. The molecular weight excluding hydrogens is 407 g/mol. The van der Waals surface area contributed by atoms with E-state index in [1.165, 1.54) is 23.2 Å². The molecule has 0 bridgehead atoms. The summed E-state index contributed by atoms with van der Waals surface area (Å²) in [5, 5.41) is 2.93. The molecule has 0 spiro atoms. The molecule has 0 unspecified atom stereocenters. The molecule has 162 valence electrons. The number of aromatic nitrogens is 2. The molecule has 6 nitrogen and oxygen atoms in total. The van der Waals surface area contributed by atoms with Gasteiger partial charge in [-0.1, -0.05) is 12.1 Å². The topological polar surface area (TPSA) is 75.2 Å². The maximum absolute atomic E-state index is 14.2. The summed E-state index contributed by atoms with van der Waals surface area (Å²) >= 11 is 0. The largest absolute Gasteiger partial charge is 0.348 e. The van der Waals surface area contributed by atoms with Crippen LogP contribution in [0.4, 0.5) is 10.2 Å². The summed E-state index contributed by atoms with van der Waals surface area (Å²) in [6, 6.07) is 10.7. The first-order chi connectivity index (χ1) is 15.5. The lowest BCUT2D eigenvalue weighted by molar-refractivity contribution is 0.0944. The number of nitrogens with one attached hydrogen (secondary N) is 1. The van der Waals surface area contributed by atoms with Gasteiger partial charge in [0.05, 0.1) is 0 Å². The van der Waals surface area contributed by atoms with Crippen LogP contribution in [0.1, 0.15) is 55.9 Å². The SMILES string of the molecule is Cc1cc2c(cc1Cc1ccc(C(=O)NC3CC3)nc1)C(=O)N(c1ncccc1F)CC2. The summed E-state index contributed by atoms with van der Waals surface area (Å²) in [5.74, 6) is -0.824. The molecular formula is C25H23FN4O2. The van der Waals surface area contributed by atoms with Crippen molar-refractivity contribution in [3.63, 3.8) is 0 Å². The molecule has 1 aliphatic carbocycles. The minimum atomic E-state index is -0.506. The van der Waals surface area contributed by atoms with Crippen molar-refractivity contribution in [1.82, 2.24) is 15.3 Å². The number of hydrogen-bond donors (Lipinski definition) is 1. The third kappa shape index (κ3) is 3.98. The molecule has 1 aliphatic heterocycles. The van der Waals surface area contributed by atoms with E-state index in [0.29, 0.717) is 36.7 Å². The Bertz CT molecular complexity index is 1210. The molecule has 7 heteroatoms. The van der Waals surface area contributed by atoms with Gasteiger partial charge < -0.3 is 5.32 Å². The maximum Gasteiger partial charge on any atom is 0.270 e. The van der Waals surface area contributed by atoms with Gasteiger partial charge in [-0.05, 0) is 79.1 Å². The highest BCUT2D eigenvalue weighted by Gasteiger charge is 2.29. The molecule has 1 saturated carbocycles. The van der Waals surface area contributed by atoms with Crippen LogP contribution in [-0.4, -0.2) is 34.4 Å². The zero-order chi connectivity index (χ0) is 22.2. The van der Waals surface area contributed by atoms with Gasteiger partial charge in [-0.2, -0.15) is 0 Å². The lowest BCUT2D eigenvalue weighted by Gasteiger charge is -2.28. The Kier molecular flexibility index (Phi) is 5.17. The highest BCUT2D eigenvalue weighted by Crippen LogP contribution is 2.28. The minimum Gasteiger partial charge on any atom is -0.348 e. The number of fused-ring (bicyclic) bond motifs is 1. The number of hydrogen-bond acceptors (Lipinski definition) is 4. The molecule has 5 rings (SSSR count). The van der Waals surface area contributed by atoms with Crippen molar-refractivity contribution in [2.45, 2.75) is 38.6 Å². The van der Waals surface area contributed by atoms with Crippen LogP contribution in [0.15, 0.2) is 48.8 Å². The van der Waals surface area contributed by atoms with Gasteiger partial charge in [0.1, 0.15) is 5.69 Å². The summed E-state index contributed by atoms with van der Waals surface area (Å²) in [5.41, 5.74) is 4.99. The zero-order valence-corrected chi connectivity index (χ0v) is 17.8. The van der Waals surface area contributed by atoms with Crippen molar-refractivity contribution in [2.24, 2.45) is 0 Å². The first-order valence-corrected chi connectivity index (χ1v) is 10.8. The minimum absolute atomic E-state index is 0.0644. The Morgan fingerprint density at radius 2 is 2.06 bits per heavy atom. The predicted molar refractivity (Wildman–Crippen MR) is 118 cm³/mol. The number of nitrogens with zero attached hydrogens (tertiary/aromatic N) is 3. The van der Waals surface area contributed by atoms with Crippen molar-refractivity contribution in [2.75, 3.05) is 11.4 Å². The van der Waals surface area contributed by atoms with Crippen molar-refractivity contribution in [1.29, 1.82) is 0 Å². The van der Waals surface area contributed by atoms with Crippen LogP contribution in [0.2, 0.25) is 0 Å². The smallest absolute Gasteiger partial charge is 0.270 e. The van der Waals surface area contributed by atoms with Gasteiger partial charge in [0.25, 0.3) is 11.8 Å². The second kappa shape index (κ2) is 8.15. The van der Waals surface area contributed by atoms with E-state index >= 15 is 0 Å². The van der Waals surface area contributed by atoms with Gasteiger partial charge in [0.2, 0.25) is 0 Å². The Balaban J connectivity index is 1.38. The number of anilines is 1. The lowest BCUT2D eigenvalue weighted by Crippen LogP contribution is -2.39. The first kappa shape index (κ1) is 20.3. The van der Waals surface area contributed by atoms with E-state index in [4.69, 9.17) is 0 Å². The van der Waals surface area contributed by atoms with E-state index in [1.54, 1.807) is 12.3 Å². The van der Waals surface area contributed by atoms with Crippen molar-refractivity contribution in [3.05, 3.63) is 88.1 Å². The summed E-state index contributed by atoms with van der Waals surface area (Å²) in [4.78, 5) is 35.1. The van der Waals surface area contributed by atoms with E-state index in [0.717, 1.165) is 35.1 Å². The normalized spacial score (nSPS) is 15.4. The molecule has 3 heterocycles. The second-order valence-corrected chi connectivity index (χ2v) is 8.43. The Hall–Kier alpha value is -3.61. The van der Waals surface area contributed by atoms with Crippen LogP contribution in [-0.2, 0) is 12.8 Å². The Morgan fingerprint density at radius 1 is 1.22 bits per heavy atom. The van der Waals surface area contributed by atoms with Crippen LogP contribution >= 0.6 is 0 Å². The van der Waals surface area contributed by atoms with E-state index in [-0.39, 0.29) is 17.6 Å². The number of aryl methyl sites for hydroxylation is 1. The molecule has 2 aromatic heterocycles. The van der Waals surface area contributed by atoms with Gasteiger partial charge in [0.15, 0.2) is 11.6 Å². The van der Waals surface area contributed by atoms with Gasteiger partial charge in [-0.15, -0.1) is 0 Å². The molecule has 2 amide bonds. The highest BCUT2D eigenvalue weighted by atomic mass is 19.1. The molecule has 0 atom stereocenters.